The number of ketones is 1. The van der Waals surface area contributed by atoms with Crippen molar-refractivity contribution in [1.82, 2.24) is 0 Å². The normalized spacial score (nSPS) is 16.0. The molecule has 0 fully saturated rings. The predicted octanol–water partition coefficient (Wildman–Crippen LogP) is 6.72. The van der Waals surface area contributed by atoms with Gasteiger partial charge in [0.1, 0.15) is 5.78 Å². The fraction of sp³-hybridized carbons (Fsp3) is 0.370. The lowest BCUT2D eigenvalue weighted by Gasteiger charge is -2.18. The zero-order valence-corrected chi connectivity index (χ0v) is 17.5. The first kappa shape index (κ1) is 20.3. The van der Waals surface area contributed by atoms with Crippen LogP contribution in [0, 0.1) is 19.8 Å². The molecule has 0 spiro atoms. The second-order valence-corrected chi connectivity index (χ2v) is 8.14. The molecule has 0 aliphatic heterocycles. The Bertz CT molecular complexity index is 850. The molecule has 0 saturated carbocycles. The fourth-order valence-electron chi connectivity index (χ4n) is 4.42. The maximum absolute atomic E-state index is 12.4. The average molecular weight is 373 g/mol. The van der Waals surface area contributed by atoms with Gasteiger partial charge in [0, 0.05) is 18.8 Å². The van der Waals surface area contributed by atoms with Crippen LogP contribution >= 0.6 is 0 Å². The maximum atomic E-state index is 12.4. The third kappa shape index (κ3) is 5.55. The number of benzene rings is 2. The van der Waals surface area contributed by atoms with Crippen molar-refractivity contribution in [3.05, 3.63) is 94.1 Å². The lowest BCUT2D eigenvalue weighted by atomic mass is 9.86. The smallest absolute Gasteiger partial charge is 0.137 e. The van der Waals surface area contributed by atoms with Crippen molar-refractivity contribution in [2.24, 2.45) is 5.92 Å². The molecular weight excluding hydrogens is 340 g/mol. The Kier molecular flexibility index (Phi) is 7.03. The number of hydrogen-bond acceptors (Lipinski definition) is 1. The maximum Gasteiger partial charge on any atom is 0.137 e. The van der Waals surface area contributed by atoms with Gasteiger partial charge in [-0.25, -0.2) is 0 Å². The van der Waals surface area contributed by atoms with Crippen LogP contribution in [0.25, 0.3) is 0 Å². The zero-order chi connectivity index (χ0) is 19.9. The molecule has 0 radical (unpaired) electrons. The van der Waals surface area contributed by atoms with E-state index in [-0.39, 0.29) is 0 Å². The highest BCUT2D eigenvalue weighted by Gasteiger charge is 2.21. The number of allylic oxidation sites excluding steroid dienone is 4. The van der Waals surface area contributed by atoms with Gasteiger partial charge < -0.3 is 0 Å². The summed E-state index contributed by atoms with van der Waals surface area (Å²) in [6, 6.07) is 16.9. The van der Waals surface area contributed by atoms with E-state index in [1.54, 1.807) is 0 Å². The van der Waals surface area contributed by atoms with Crippen LogP contribution in [0.15, 0.2) is 71.8 Å². The van der Waals surface area contributed by atoms with E-state index in [2.05, 4.69) is 51.1 Å². The minimum absolute atomic E-state index is 0.339. The lowest BCUT2D eigenvalue weighted by Crippen LogP contribution is -2.08. The molecule has 2 aromatic carbocycles. The van der Waals surface area contributed by atoms with Crippen LogP contribution in [0.4, 0.5) is 0 Å². The molecule has 0 aromatic heterocycles. The van der Waals surface area contributed by atoms with E-state index in [9.17, 15) is 4.79 Å². The van der Waals surface area contributed by atoms with Crippen molar-refractivity contribution in [2.45, 2.75) is 59.3 Å². The first-order chi connectivity index (χ1) is 13.5. The first-order valence-corrected chi connectivity index (χ1v) is 10.6. The molecule has 1 aliphatic rings. The van der Waals surface area contributed by atoms with Crippen molar-refractivity contribution in [3.8, 4) is 0 Å². The Morgan fingerprint density at radius 2 is 1.46 bits per heavy atom. The molecule has 2 aromatic rings. The van der Waals surface area contributed by atoms with Gasteiger partial charge >= 0.3 is 0 Å². The fourth-order valence-corrected chi connectivity index (χ4v) is 4.42. The molecule has 0 heterocycles. The van der Waals surface area contributed by atoms with Crippen LogP contribution in [-0.2, 0) is 17.6 Å². The summed E-state index contributed by atoms with van der Waals surface area (Å²) in [5.41, 5.74) is 8.22. The second kappa shape index (κ2) is 9.68. The minimum atomic E-state index is 0.339. The molecule has 1 aliphatic carbocycles. The largest absolute Gasteiger partial charge is 0.299 e. The van der Waals surface area contributed by atoms with Crippen LogP contribution < -0.4 is 0 Å². The van der Waals surface area contributed by atoms with E-state index in [1.807, 2.05) is 30.3 Å². The third-order valence-corrected chi connectivity index (χ3v) is 5.74. The van der Waals surface area contributed by atoms with Crippen LogP contribution in [0.2, 0.25) is 0 Å². The van der Waals surface area contributed by atoms with E-state index in [1.165, 1.54) is 27.8 Å². The van der Waals surface area contributed by atoms with E-state index >= 15 is 0 Å². The number of carbonyl (C=O) groups excluding carboxylic acids is 1. The van der Waals surface area contributed by atoms with Crippen molar-refractivity contribution in [3.63, 3.8) is 0 Å². The molecule has 0 bridgehead atoms. The molecule has 3 rings (SSSR count). The molecular formula is C27H32O. The quantitative estimate of drug-likeness (QED) is 0.477. The van der Waals surface area contributed by atoms with Crippen molar-refractivity contribution < 1.29 is 4.79 Å². The lowest BCUT2D eigenvalue weighted by molar-refractivity contribution is -0.118. The molecule has 1 unspecified atom stereocenters. The standard InChI is InChI=1S/C27H32O/c1-4-27-24(11-10-23-17-20(2)16-21(3)18-23)12-13-25(27)14-15-26(28)19-22-8-6-5-7-9-22/h5-9,12-13,16-18,27H,4,10-11,14-15,19H2,1-3H3. The number of Topliss-reactive ketones (excluding diaryl/α,β-unsaturated/α-hetero) is 1. The molecule has 28 heavy (non-hydrogen) atoms. The van der Waals surface area contributed by atoms with Crippen LogP contribution in [0.5, 0.6) is 0 Å². The Hall–Kier alpha value is -2.41. The van der Waals surface area contributed by atoms with Crippen LogP contribution in [0.3, 0.4) is 0 Å². The highest BCUT2D eigenvalue weighted by molar-refractivity contribution is 5.81. The molecule has 0 saturated heterocycles. The monoisotopic (exact) mass is 372 g/mol. The Morgan fingerprint density at radius 3 is 2.11 bits per heavy atom. The second-order valence-electron chi connectivity index (χ2n) is 8.14. The SMILES string of the molecule is CCC1C(CCC(=O)Cc2ccccc2)=CC=C1CCc1cc(C)cc(C)c1. The molecule has 1 atom stereocenters. The van der Waals surface area contributed by atoms with Crippen molar-refractivity contribution in [1.29, 1.82) is 0 Å². The van der Waals surface area contributed by atoms with E-state index < -0.39 is 0 Å². The van der Waals surface area contributed by atoms with Gasteiger partial charge in [-0.2, -0.15) is 0 Å². The number of aryl methyl sites for hydroxylation is 3. The topological polar surface area (TPSA) is 17.1 Å². The van der Waals surface area contributed by atoms with Crippen LogP contribution in [0.1, 0.15) is 54.9 Å². The van der Waals surface area contributed by atoms with E-state index in [0.717, 1.165) is 31.2 Å². The number of rotatable bonds is 9. The molecule has 1 nitrogen and oxygen atoms in total. The molecule has 1 heteroatoms. The average Bonchev–Trinajstić information content (AvgIpc) is 3.06. The summed E-state index contributed by atoms with van der Waals surface area (Å²) in [6.45, 7) is 6.61. The molecule has 146 valence electrons. The number of hydrogen-bond donors (Lipinski definition) is 0. The summed E-state index contributed by atoms with van der Waals surface area (Å²) < 4.78 is 0. The summed E-state index contributed by atoms with van der Waals surface area (Å²) in [5, 5.41) is 0. The highest BCUT2D eigenvalue weighted by atomic mass is 16.1. The van der Waals surface area contributed by atoms with Gasteiger partial charge in [0.15, 0.2) is 0 Å². The zero-order valence-electron chi connectivity index (χ0n) is 17.5. The number of carbonyl (C=O) groups is 1. The van der Waals surface area contributed by atoms with E-state index in [4.69, 9.17) is 0 Å². The van der Waals surface area contributed by atoms with E-state index in [0.29, 0.717) is 24.5 Å². The Labute approximate surface area is 170 Å². The summed E-state index contributed by atoms with van der Waals surface area (Å²) in [7, 11) is 0. The van der Waals surface area contributed by atoms with Gasteiger partial charge in [-0.15, -0.1) is 0 Å². The van der Waals surface area contributed by atoms with Crippen molar-refractivity contribution in [2.75, 3.05) is 0 Å². The van der Waals surface area contributed by atoms with Crippen LogP contribution in [-0.4, -0.2) is 5.78 Å². The first-order valence-electron chi connectivity index (χ1n) is 10.6. The minimum Gasteiger partial charge on any atom is -0.299 e. The van der Waals surface area contributed by atoms with Gasteiger partial charge in [-0.3, -0.25) is 4.79 Å². The molecule has 0 N–H and O–H groups in total. The summed E-state index contributed by atoms with van der Waals surface area (Å²) in [6.07, 6.45) is 10.0. The summed E-state index contributed by atoms with van der Waals surface area (Å²) in [5.74, 6) is 0.862. The van der Waals surface area contributed by atoms with Gasteiger partial charge in [0.2, 0.25) is 0 Å². The highest BCUT2D eigenvalue weighted by Crippen LogP contribution is 2.35. The summed E-state index contributed by atoms with van der Waals surface area (Å²) in [4.78, 5) is 12.4. The van der Waals surface area contributed by atoms with Crippen molar-refractivity contribution >= 4 is 5.78 Å². The Morgan fingerprint density at radius 1 is 0.821 bits per heavy atom. The van der Waals surface area contributed by atoms with Gasteiger partial charge in [0.05, 0.1) is 0 Å². The Balaban J connectivity index is 1.50. The van der Waals surface area contributed by atoms with Gasteiger partial charge in [-0.05, 0) is 50.7 Å². The third-order valence-electron chi connectivity index (χ3n) is 5.74. The van der Waals surface area contributed by atoms with Gasteiger partial charge in [0.25, 0.3) is 0 Å². The summed E-state index contributed by atoms with van der Waals surface area (Å²) >= 11 is 0. The van der Waals surface area contributed by atoms with Gasteiger partial charge in [-0.1, -0.05) is 89.9 Å². The molecule has 0 amide bonds. The predicted molar refractivity (Wildman–Crippen MR) is 119 cm³/mol.